The third-order valence-electron chi connectivity index (χ3n) is 6.77. The molecule has 0 saturated heterocycles. The number of nitrogens with one attached hydrogen (secondary N) is 1. The first-order valence-corrected chi connectivity index (χ1v) is 11.5. The van der Waals surface area contributed by atoms with Gasteiger partial charge in [0.15, 0.2) is 5.82 Å². The lowest BCUT2D eigenvalue weighted by molar-refractivity contribution is -0.137. The number of aromatic nitrogens is 2. The minimum Gasteiger partial charge on any atom is -0.481 e. The molecule has 1 saturated carbocycles. The maximum Gasteiger partial charge on any atom is 0.304 e. The van der Waals surface area contributed by atoms with Crippen molar-refractivity contribution in [2.45, 2.75) is 91.0 Å². The number of amides is 1. The van der Waals surface area contributed by atoms with Crippen LogP contribution in [0.4, 0.5) is 0 Å². The zero-order valence-corrected chi connectivity index (χ0v) is 19.9. The summed E-state index contributed by atoms with van der Waals surface area (Å²) in [5.74, 6) is -0.578. The van der Waals surface area contributed by atoms with E-state index in [0.29, 0.717) is 23.6 Å². The molecule has 8 nitrogen and oxygen atoms in total. The number of carboxylic acids is 1. The highest BCUT2D eigenvalue weighted by Gasteiger charge is 2.41. The second-order valence-corrected chi connectivity index (χ2v) is 10.3. The van der Waals surface area contributed by atoms with Crippen molar-refractivity contribution in [2.75, 3.05) is 20.6 Å². The number of nitrogens with zero attached hydrogens (tertiary/aromatic N) is 3. The van der Waals surface area contributed by atoms with E-state index in [1.54, 1.807) is 4.90 Å². The van der Waals surface area contributed by atoms with Crippen LogP contribution in [0.15, 0.2) is 4.52 Å². The molecule has 2 rings (SSSR count). The molecule has 1 aromatic rings. The van der Waals surface area contributed by atoms with Crippen LogP contribution in [0.5, 0.6) is 0 Å². The summed E-state index contributed by atoms with van der Waals surface area (Å²) >= 11 is 0. The summed E-state index contributed by atoms with van der Waals surface area (Å²) in [7, 11) is 3.64. The summed E-state index contributed by atoms with van der Waals surface area (Å²) in [6.07, 6.45) is 9.07. The summed E-state index contributed by atoms with van der Waals surface area (Å²) < 4.78 is 5.39. The predicted molar refractivity (Wildman–Crippen MR) is 119 cm³/mol. The van der Waals surface area contributed by atoms with Crippen molar-refractivity contribution in [1.82, 2.24) is 20.4 Å². The van der Waals surface area contributed by atoms with Crippen molar-refractivity contribution >= 4 is 11.9 Å². The van der Waals surface area contributed by atoms with Crippen molar-refractivity contribution in [2.24, 2.45) is 10.8 Å². The molecular weight excluding hydrogens is 396 g/mol. The Balaban J connectivity index is 1.98. The summed E-state index contributed by atoms with van der Waals surface area (Å²) in [4.78, 5) is 29.4. The average Bonchev–Trinajstić information content (AvgIpc) is 3.14. The molecule has 176 valence electrons. The molecule has 1 aliphatic rings. The molecule has 8 heteroatoms. The number of hydrogen-bond donors (Lipinski definition) is 2. The van der Waals surface area contributed by atoms with Gasteiger partial charge in [-0.15, -0.1) is 0 Å². The minimum absolute atomic E-state index is 0.0306. The molecule has 0 aliphatic heterocycles. The van der Waals surface area contributed by atoms with Crippen LogP contribution in [-0.4, -0.2) is 52.7 Å². The van der Waals surface area contributed by atoms with Crippen LogP contribution in [0.25, 0.3) is 0 Å². The summed E-state index contributed by atoms with van der Waals surface area (Å²) in [6.45, 7) is 7.46. The number of rotatable bonds is 11. The van der Waals surface area contributed by atoms with Crippen LogP contribution in [0.2, 0.25) is 0 Å². The summed E-state index contributed by atoms with van der Waals surface area (Å²) in [5, 5.41) is 16.1. The van der Waals surface area contributed by atoms with Crippen LogP contribution < -0.4 is 5.32 Å². The van der Waals surface area contributed by atoms with Gasteiger partial charge < -0.3 is 19.8 Å². The fourth-order valence-electron chi connectivity index (χ4n) is 4.84. The molecule has 1 unspecified atom stereocenters. The Morgan fingerprint density at radius 2 is 1.90 bits per heavy atom. The number of carbonyl (C=O) groups excluding carboxylic acids is 1. The molecule has 0 bridgehead atoms. The number of carbonyl (C=O) groups is 2. The van der Waals surface area contributed by atoms with Crippen molar-refractivity contribution in [3.8, 4) is 0 Å². The highest BCUT2D eigenvalue weighted by atomic mass is 16.5. The predicted octanol–water partition coefficient (Wildman–Crippen LogP) is 3.97. The van der Waals surface area contributed by atoms with E-state index in [1.807, 2.05) is 14.1 Å². The molecule has 1 fully saturated rings. The van der Waals surface area contributed by atoms with Gasteiger partial charge in [-0.25, -0.2) is 0 Å². The lowest BCUT2D eigenvalue weighted by atomic mass is 9.57. The van der Waals surface area contributed by atoms with Gasteiger partial charge in [0.2, 0.25) is 11.8 Å². The van der Waals surface area contributed by atoms with E-state index in [0.717, 1.165) is 12.8 Å². The van der Waals surface area contributed by atoms with E-state index in [1.165, 1.54) is 32.1 Å². The molecule has 31 heavy (non-hydrogen) atoms. The average molecular weight is 437 g/mol. The van der Waals surface area contributed by atoms with Gasteiger partial charge in [-0.3, -0.25) is 9.59 Å². The first-order valence-electron chi connectivity index (χ1n) is 11.5. The Morgan fingerprint density at radius 3 is 2.48 bits per heavy atom. The van der Waals surface area contributed by atoms with Gasteiger partial charge >= 0.3 is 5.97 Å². The lowest BCUT2D eigenvalue weighted by Crippen LogP contribution is -2.37. The second kappa shape index (κ2) is 11.1. The van der Waals surface area contributed by atoms with Crippen molar-refractivity contribution in [1.29, 1.82) is 0 Å². The summed E-state index contributed by atoms with van der Waals surface area (Å²) in [6, 6.07) is 0. The largest absolute Gasteiger partial charge is 0.481 e. The van der Waals surface area contributed by atoms with E-state index in [2.05, 4.69) is 36.2 Å². The van der Waals surface area contributed by atoms with Crippen LogP contribution in [-0.2, 0) is 16.1 Å². The maximum absolute atomic E-state index is 11.8. The van der Waals surface area contributed by atoms with Crippen molar-refractivity contribution in [3.05, 3.63) is 11.7 Å². The van der Waals surface area contributed by atoms with E-state index < -0.39 is 5.97 Å². The van der Waals surface area contributed by atoms with Crippen LogP contribution in [0.1, 0.15) is 96.2 Å². The number of likely N-dealkylation sites (N-methyl/N-ethyl adjacent to an activating group) is 1. The highest BCUT2D eigenvalue weighted by Crippen LogP contribution is 2.53. The zero-order valence-electron chi connectivity index (χ0n) is 19.9. The van der Waals surface area contributed by atoms with Crippen LogP contribution >= 0.6 is 0 Å². The number of aliphatic carboxylic acids is 1. The maximum atomic E-state index is 11.8. The van der Waals surface area contributed by atoms with E-state index in [4.69, 9.17) is 4.52 Å². The molecule has 1 aromatic heterocycles. The summed E-state index contributed by atoms with van der Waals surface area (Å²) in [5.41, 5.74) is 0.549. The number of carboxylic acid groups (broad SMARTS) is 1. The smallest absolute Gasteiger partial charge is 0.304 e. The quantitative estimate of drug-likeness (QED) is 0.540. The molecular formula is C23H40N4O4. The Kier molecular flexibility index (Phi) is 9.03. The second-order valence-electron chi connectivity index (χ2n) is 10.3. The van der Waals surface area contributed by atoms with E-state index >= 15 is 0 Å². The first-order chi connectivity index (χ1) is 14.5. The fraction of sp³-hybridized carbons (Fsp3) is 0.826. The highest BCUT2D eigenvalue weighted by molar-refractivity contribution is 5.77. The van der Waals surface area contributed by atoms with E-state index in [-0.39, 0.29) is 36.8 Å². The minimum atomic E-state index is -0.868. The molecule has 0 aromatic carbocycles. The van der Waals surface area contributed by atoms with Gasteiger partial charge in [0.1, 0.15) is 0 Å². The molecule has 1 amide bonds. The monoisotopic (exact) mass is 436 g/mol. The molecule has 1 atom stereocenters. The Morgan fingerprint density at radius 1 is 1.23 bits per heavy atom. The van der Waals surface area contributed by atoms with Crippen molar-refractivity contribution < 1.29 is 19.2 Å². The Labute approximate surface area is 186 Å². The van der Waals surface area contributed by atoms with Gasteiger partial charge in [-0.2, -0.15) is 4.98 Å². The third kappa shape index (κ3) is 7.59. The van der Waals surface area contributed by atoms with Gasteiger partial charge in [-0.05, 0) is 50.6 Å². The standard InChI is InChI=1S/C23H40N4O4/c1-22(2,3)23(11-7-6-8-12-23)13-9-10-17(14-20(29)30)21-25-18(26-31-21)15-24-19(28)16-27(4)5/h17H,6-16H2,1-5H3,(H,24,28)(H,29,30). The van der Waals surface area contributed by atoms with Crippen molar-refractivity contribution in [3.63, 3.8) is 0 Å². The molecule has 0 spiro atoms. The SMILES string of the molecule is CN(C)CC(=O)NCc1noc(C(CCCC2(C(C)(C)C)CCCCC2)CC(=O)O)n1. The fourth-order valence-corrected chi connectivity index (χ4v) is 4.84. The van der Waals surface area contributed by atoms with E-state index in [9.17, 15) is 14.7 Å². The Bertz CT molecular complexity index is 717. The molecule has 0 radical (unpaired) electrons. The zero-order chi connectivity index (χ0) is 23.1. The van der Waals surface area contributed by atoms with Crippen LogP contribution in [0.3, 0.4) is 0 Å². The normalized spacial score (nSPS) is 17.5. The first kappa shape index (κ1) is 25.3. The molecule has 1 aliphatic carbocycles. The third-order valence-corrected chi connectivity index (χ3v) is 6.77. The van der Waals surface area contributed by atoms with Gasteiger partial charge in [0.05, 0.1) is 19.5 Å². The number of hydrogen-bond acceptors (Lipinski definition) is 6. The van der Waals surface area contributed by atoms with Gasteiger partial charge in [0, 0.05) is 5.92 Å². The van der Waals surface area contributed by atoms with Gasteiger partial charge in [0.25, 0.3) is 0 Å². The molecule has 2 N–H and O–H groups in total. The Hall–Kier alpha value is -1.96. The lowest BCUT2D eigenvalue weighted by Gasteiger charge is -2.48. The molecule has 1 heterocycles. The van der Waals surface area contributed by atoms with Crippen LogP contribution in [0, 0.1) is 10.8 Å². The topological polar surface area (TPSA) is 109 Å². The van der Waals surface area contributed by atoms with Gasteiger partial charge in [-0.1, -0.05) is 51.6 Å².